The second-order valence-electron chi connectivity index (χ2n) is 7.27. The van der Waals surface area contributed by atoms with Crippen molar-refractivity contribution in [1.29, 1.82) is 0 Å². The van der Waals surface area contributed by atoms with E-state index in [9.17, 15) is 14.7 Å². The third kappa shape index (κ3) is 4.62. The highest BCUT2D eigenvalue weighted by Crippen LogP contribution is 2.45. The lowest BCUT2D eigenvalue weighted by molar-refractivity contribution is -0.140. The summed E-state index contributed by atoms with van der Waals surface area (Å²) in [5.41, 5.74) is 0.724. The minimum Gasteiger partial charge on any atom is -0.507 e. The van der Waals surface area contributed by atoms with Crippen LogP contribution >= 0.6 is 11.6 Å². The Kier molecular flexibility index (Phi) is 7.84. The first-order valence-electron chi connectivity index (χ1n) is 10.2. The smallest absolute Gasteiger partial charge is 0.295 e. The summed E-state index contributed by atoms with van der Waals surface area (Å²) in [7, 11) is 6.00. The Balaban J connectivity index is 2.22. The lowest BCUT2D eigenvalue weighted by Gasteiger charge is -2.27. The molecule has 1 aliphatic rings. The van der Waals surface area contributed by atoms with Gasteiger partial charge in [0.2, 0.25) is 0 Å². The van der Waals surface area contributed by atoms with Gasteiger partial charge in [-0.25, -0.2) is 0 Å². The molecule has 0 aromatic heterocycles. The van der Waals surface area contributed by atoms with Crippen molar-refractivity contribution in [3.8, 4) is 17.2 Å². The lowest BCUT2D eigenvalue weighted by atomic mass is 9.94. The maximum atomic E-state index is 13.1. The van der Waals surface area contributed by atoms with Crippen LogP contribution in [-0.2, 0) is 14.3 Å². The third-order valence-electron chi connectivity index (χ3n) is 5.44. The van der Waals surface area contributed by atoms with Gasteiger partial charge in [-0.1, -0.05) is 23.7 Å². The molecule has 1 heterocycles. The van der Waals surface area contributed by atoms with E-state index in [0.717, 1.165) is 0 Å². The third-order valence-corrected chi connectivity index (χ3v) is 5.74. The number of carbonyl (C=O) groups excluding carboxylic acids is 2. The van der Waals surface area contributed by atoms with E-state index in [1.807, 2.05) is 0 Å². The van der Waals surface area contributed by atoms with Crippen LogP contribution in [0, 0.1) is 0 Å². The number of hydrogen-bond acceptors (Lipinski definition) is 7. The number of para-hydroxylation sites is 1. The summed E-state index contributed by atoms with van der Waals surface area (Å²) >= 11 is 6.23. The summed E-state index contributed by atoms with van der Waals surface area (Å²) in [6.07, 6.45) is 0.501. The van der Waals surface area contributed by atoms with Crippen LogP contribution < -0.4 is 14.2 Å². The first kappa shape index (κ1) is 24.4. The topological polar surface area (TPSA) is 94.5 Å². The summed E-state index contributed by atoms with van der Waals surface area (Å²) in [5, 5.41) is 11.4. The van der Waals surface area contributed by atoms with E-state index in [1.165, 1.54) is 32.3 Å². The van der Waals surface area contributed by atoms with Crippen LogP contribution in [0.1, 0.15) is 23.6 Å². The Morgan fingerprint density at radius 1 is 1.03 bits per heavy atom. The average Bonchev–Trinajstić information content (AvgIpc) is 3.07. The van der Waals surface area contributed by atoms with E-state index in [0.29, 0.717) is 35.8 Å². The van der Waals surface area contributed by atoms with E-state index in [-0.39, 0.29) is 28.5 Å². The summed E-state index contributed by atoms with van der Waals surface area (Å²) in [5.74, 6) is -0.651. The van der Waals surface area contributed by atoms with Gasteiger partial charge in [0.1, 0.15) is 11.5 Å². The normalized spacial score (nSPS) is 17.4. The predicted octanol–water partition coefficient (Wildman–Crippen LogP) is 3.82. The van der Waals surface area contributed by atoms with E-state index < -0.39 is 17.7 Å². The molecule has 1 unspecified atom stereocenters. The zero-order valence-electron chi connectivity index (χ0n) is 18.9. The molecule has 33 heavy (non-hydrogen) atoms. The highest BCUT2D eigenvalue weighted by Gasteiger charge is 2.47. The second kappa shape index (κ2) is 10.6. The molecule has 1 saturated heterocycles. The molecule has 3 rings (SSSR count). The number of nitrogens with zero attached hydrogens (tertiary/aromatic N) is 1. The van der Waals surface area contributed by atoms with Gasteiger partial charge in [-0.15, -0.1) is 0 Å². The molecular weight excluding hydrogens is 450 g/mol. The molecule has 1 aliphatic heterocycles. The standard InChI is InChI=1S/C24H26ClNO7/c1-30-12-6-11-26-20(15-7-5-8-18(32-3)23(15)33-4)19(22(28)24(26)29)21(27)14-9-10-17(31-2)16(25)13-14/h5,7-10,13,20,27H,6,11-12H2,1-4H3/b21-19+. The maximum Gasteiger partial charge on any atom is 0.295 e. The number of ketones is 1. The number of hydrogen-bond donors (Lipinski definition) is 1. The van der Waals surface area contributed by atoms with Crippen LogP contribution in [0.15, 0.2) is 42.0 Å². The molecular formula is C24H26ClNO7. The monoisotopic (exact) mass is 475 g/mol. The van der Waals surface area contributed by atoms with Crippen molar-refractivity contribution in [3.63, 3.8) is 0 Å². The molecule has 0 saturated carbocycles. The number of Topliss-reactive ketones (excluding diaryl/α,β-unsaturated/α-hetero) is 1. The van der Waals surface area contributed by atoms with Crippen LogP contribution in [-0.4, -0.2) is 63.3 Å². The van der Waals surface area contributed by atoms with Gasteiger partial charge in [0.05, 0.1) is 38.0 Å². The molecule has 1 N–H and O–H groups in total. The molecule has 1 fully saturated rings. The second-order valence-corrected chi connectivity index (χ2v) is 7.68. The van der Waals surface area contributed by atoms with E-state index in [4.69, 9.17) is 30.5 Å². The first-order chi connectivity index (χ1) is 15.9. The minimum atomic E-state index is -0.896. The van der Waals surface area contributed by atoms with Gasteiger partial charge in [0.15, 0.2) is 11.5 Å². The number of aliphatic hydroxyl groups is 1. The number of aliphatic hydroxyl groups excluding tert-OH is 1. The van der Waals surface area contributed by atoms with Crippen molar-refractivity contribution < 1.29 is 33.6 Å². The predicted molar refractivity (Wildman–Crippen MR) is 123 cm³/mol. The molecule has 9 heteroatoms. The first-order valence-corrected chi connectivity index (χ1v) is 10.6. The van der Waals surface area contributed by atoms with Crippen LogP contribution in [0.25, 0.3) is 5.76 Å². The fourth-order valence-corrected chi connectivity index (χ4v) is 4.17. The molecule has 0 aliphatic carbocycles. The van der Waals surface area contributed by atoms with Gasteiger partial charge >= 0.3 is 0 Å². The Bertz CT molecular complexity index is 1080. The van der Waals surface area contributed by atoms with Gasteiger partial charge in [-0.2, -0.15) is 0 Å². The summed E-state index contributed by atoms with van der Waals surface area (Å²) in [4.78, 5) is 27.6. The average molecular weight is 476 g/mol. The van der Waals surface area contributed by atoms with Crippen molar-refractivity contribution in [2.75, 3.05) is 41.6 Å². The molecule has 2 aromatic carbocycles. The van der Waals surface area contributed by atoms with Crippen molar-refractivity contribution in [3.05, 3.63) is 58.1 Å². The summed E-state index contributed by atoms with van der Waals surface area (Å²) in [6, 6.07) is 8.90. The molecule has 0 bridgehead atoms. The summed E-state index contributed by atoms with van der Waals surface area (Å²) < 4.78 is 21.2. The van der Waals surface area contributed by atoms with Gasteiger partial charge in [0, 0.05) is 31.4 Å². The lowest BCUT2D eigenvalue weighted by Crippen LogP contribution is -2.31. The number of halogens is 1. The fourth-order valence-electron chi connectivity index (χ4n) is 3.91. The zero-order valence-corrected chi connectivity index (χ0v) is 19.6. The summed E-state index contributed by atoms with van der Waals surface area (Å²) in [6.45, 7) is 0.642. The van der Waals surface area contributed by atoms with Gasteiger partial charge in [0.25, 0.3) is 11.7 Å². The number of benzene rings is 2. The number of methoxy groups -OCH3 is 4. The van der Waals surface area contributed by atoms with Gasteiger partial charge in [-0.3, -0.25) is 9.59 Å². The number of carbonyl (C=O) groups is 2. The van der Waals surface area contributed by atoms with Gasteiger partial charge in [-0.05, 0) is 30.7 Å². The highest BCUT2D eigenvalue weighted by molar-refractivity contribution is 6.46. The highest BCUT2D eigenvalue weighted by atomic mass is 35.5. The van der Waals surface area contributed by atoms with Crippen molar-refractivity contribution in [2.24, 2.45) is 0 Å². The molecule has 0 spiro atoms. The Labute approximate surface area is 197 Å². The molecule has 1 atom stereocenters. The Morgan fingerprint density at radius 2 is 1.76 bits per heavy atom. The minimum absolute atomic E-state index is 0.0646. The van der Waals surface area contributed by atoms with Crippen molar-refractivity contribution in [2.45, 2.75) is 12.5 Å². The molecule has 8 nitrogen and oxygen atoms in total. The van der Waals surface area contributed by atoms with Crippen LogP contribution in [0.4, 0.5) is 0 Å². The van der Waals surface area contributed by atoms with E-state index in [2.05, 4.69) is 0 Å². The molecule has 2 aromatic rings. The van der Waals surface area contributed by atoms with Crippen LogP contribution in [0.5, 0.6) is 17.2 Å². The van der Waals surface area contributed by atoms with Crippen molar-refractivity contribution >= 4 is 29.1 Å². The Hall–Kier alpha value is -3.23. The van der Waals surface area contributed by atoms with Crippen LogP contribution in [0.2, 0.25) is 5.02 Å². The molecule has 0 radical (unpaired) electrons. The number of rotatable bonds is 9. The SMILES string of the molecule is COCCCN1C(=O)C(=O)/C(=C(/O)c2ccc(OC)c(Cl)c2)C1c1cccc(OC)c1OC. The van der Waals surface area contributed by atoms with E-state index >= 15 is 0 Å². The van der Waals surface area contributed by atoms with Crippen molar-refractivity contribution in [1.82, 2.24) is 4.90 Å². The number of likely N-dealkylation sites (tertiary alicyclic amines) is 1. The number of amides is 1. The largest absolute Gasteiger partial charge is 0.507 e. The molecule has 1 amide bonds. The maximum absolute atomic E-state index is 13.1. The molecule has 176 valence electrons. The van der Waals surface area contributed by atoms with E-state index in [1.54, 1.807) is 37.4 Å². The van der Waals surface area contributed by atoms with Gasteiger partial charge < -0.3 is 29.0 Å². The quantitative estimate of drug-likeness (QED) is 0.255. The fraction of sp³-hybridized carbons (Fsp3) is 0.333. The zero-order chi connectivity index (χ0) is 24.1. The number of ether oxygens (including phenoxy) is 4. The van der Waals surface area contributed by atoms with Crippen LogP contribution in [0.3, 0.4) is 0 Å². The Morgan fingerprint density at radius 3 is 2.36 bits per heavy atom.